The van der Waals surface area contributed by atoms with Crippen molar-refractivity contribution in [3.63, 3.8) is 0 Å². The summed E-state index contributed by atoms with van der Waals surface area (Å²) in [5.41, 5.74) is 3.73. The number of carbonyl (C=O) groups is 2. The summed E-state index contributed by atoms with van der Waals surface area (Å²) in [5, 5.41) is 9.43. The molecule has 0 unspecified atom stereocenters. The lowest BCUT2D eigenvalue weighted by molar-refractivity contribution is 0.0697. The average Bonchev–Trinajstić information content (AvgIpc) is 3.03. The van der Waals surface area contributed by atoms with Gasteiger partial charge in [0.25, 0.3) is 0 Å². The van der Waals surface area contributed by atoms with E-state index >= 15 is 0 Å². The summed E-state index contributed by atoms with van der Waals surface area (Å²) in [6.07, 6.45) is 4.13. The summed E-state index contributed by atoms with van der Waals surface area (Å²) >= 11 is 0. The molecule has 0 aliphatic heterocycles. The molecule has 0 fully saturated rings. The van der Waals surface area contributed by atoms with E-state index in [2.05, 4.69) is 6.92 Å². The lowest BCUT2D eigenvalue weighted by atomic mass is 9.99. The smallest absolute Gasteiger partial charge is 0.336 e. The largest absolute Gasteiger partial charge is 0.478 e. The first-order valence-corrected chi connectivity index (χ1v) is 10.7. The molecule has 0 saturated heterocycles. The van der Waals surface area contributed by atoms with E-state index in [1.54, 1.807) is 27.3 Å². The highest BCUT2D eigenvalue weighted by molar-refractivity contribution is 5.96. The maximum Gasteiger partial charge on any atom is 0.336 e. The number of aldehydes is 1. The highest BCUT2D eigenvalue weighted by atomic mass is 16.4. The number of unbranched alkanes of at least 4 members (excludes halogenated alkanes) is 1. The van der Waals surface area contributed by atoms with Crippen LogP contribution in [0.2, 0.25) is 0 Å². The second-order valence-corrected chi connectivity index (χ2v) is 7.62. The van der Waals surface area contributed by atoms with Gasteiger partial charge in [-0.1, -0.05) is 62.7 Å². The number of imidazole rings is 1. The number of benzene rings is 2. The Balaban J connectivity index is 1.97. The van der Waals surface area contributed by atoms with Crippen LogP contribution < -0.4 is 5.69 Å². The Morgan fingerprint density at radius 2 is 1.71 bits per heavy atom. The molecule has 1 aromatic heterocycles. The Kier molecular flexibility index (Phi) is 7.23. The molecule has 0 aliphatic rings. The van der Waals surface area contributed by atoms with Crippen molar-refractivity contribution in [3.8, 4) is 11.1 Å². The van der Waals surface area contributed by atoms with Crippen molar-refractivity contribution in [2.75, 3.05) is 0 Å². The van der Waals surface area contributed by atoms with Gasteiger partial charge < -0.3 is 5.11 Å². The quantitative estimate of drug-likeness (QED) is 0.485. The van der Waals surface area contributed by atoms with Gasteiger partial charge in [0.2, 0.25) is 0 Å². The fraction of sp³-hybridized carbons (Fsp3) is 0.320. The normalized spacial score (nSPS) is 10.9. The van der Waals surface area contributed by atoms with Crippen molar-refractivity contribution in [3.05, 3.63) is 81.5 Å². The Hall–Kier alpha value is -3.41. The molecule has 1 N–H and O–H groups in total. The van der Waals surface area contributed by atoms with Gasteiger partial charge in [-0.15, -0.1) is 0 Å². The van der Waals surface area contributed by atoms with E-state index in [1.807, 2.05) is 37.3 Å². The predicted octanol–water partition coefficient (Wildman–Crippen LogP) is 4.63. The summed E-state index contributed by atoms with van der Waals surface area (Å²) in [4.78, 5) is 36.3. The van der Waals surface area contributed by atoms with E-state index in [0.29, 0.717) is 30.8 Å². The molecule has 6 heteroatoms. The molecule has 0 spiro atoms. The third-order valence-corrected chi connectivity index (χ3v) is 5.46. The molecule has 0 aliphatic carbocycles. The molecule has 1 heterocycles. The van der Waals surface area contributed by atoms with Gasteiger partial charge in [0.05, 0.1) is 17.8 Å². The first-order valence-electron chi connectivity index (χ1n) is 10.7. The minimum absolute atomic E-state index is 0.157. The van der Waals surface area contributed by atoms with Gasteiger partial charge in [-0.25, -0.2) is 9.59 Å². The van der Waals surface area contributed by atoms with Crippen LogP contribution in [0.4, 0.5) is 0 Å². The van der Waals surface area contributed by atoms with Crippen LogP contribution in [0, 0.1) is 0 Å². The third kappa shape index (κ3) is 4.68. The Labute approximate surface area is 181 Å². The van der Waals surface area contributed by atoms with Crippen molar-refractivity contribution >= 4 is 12.3 Å². The number of aromatic carboxylic acids is 1. The highest BCUT2D eigenvalue weighted by Gasteiger charge is 2.19. The number of carboxylic acids is 1. The minimum atomic E-state index is -0.967. The zero-order chi connectivity index (χ0) is 22.4. The number of rotatable bonds is 10. The first-order chi connectivity index (χ1) is 15.0. The lowest BCUT2D eigenvalue weighted by Crippen LogP contribution is -2.26. The van der Waals surface area contributed by atoms with Crippen LogP contribution in [0.5, 0.6) is 0 Å². The molecule has 0 bridgehead atoms. The van der Waals surface area contributed by atoms with Crippen LogP contribution in [0.25, 0.3) is 11.1 Å². The molecule has 6 nitrogen and oxygen atoms in total. The molecule has 0 saturated carbocycles. The molecular weight excluding hydrogens is 392 g/mol. The summed E-state index contributed by atoms with van der Waals surface area (Å²) in [6, 6.07) is 14.4. The van der Waals surface area contributed by atoms with Gasteiger partial charge in [-0.3, -0.25) is 13.9 Å². The molecule has 0 radical (unpaired) electrons. The summed E-state index contributed by atoms with van der Waals surface area (Å²) in [7, 11) is 0. The molecular formula is C25H28N2O4. The van der Waals surface area contributed by atoms with E-state index in [4.69, 9.17) is 0 Å². The molecule has 0 atom stereocenters. The van der Waals surface area contributed by atoms with Crippen LogP contribution in [0.15, 0.2) is 53.3 Å². The molecule has 3 aromatic rings. The maximum atomic E-state index is 13.0. The summed E-state index contributed by atoms with van der Waals surface area (Å²) in [6.45, 7) is 4.96. The summed E-state index contributed by atoms with van der Waals surface area (Å²) in [5.74, 6) is -0.967. The Morgan fingerprint density at radius 3 is 2.32 bits per heavy atom. The molecule has 162 valence electrons. The van der Waals surface area contributed by atoms with Crippen LogP contribution in [0.1, 0.15) is 65.2 Å². The molecule has 3 rings (SSSR count). The van der Waals surface area contributed by atoms with Crippen molar-refractivity contribution in [1.82, 2.24) is 9.13 Å². The standard InChI is InChI=1S/C25H28N2O4/c1-3-5-10-22-23(17-28)26(15-4-2)25(31)27(22)16-18-11-13-19(14-12-18)20-8-6-7-9-21(20)24(29)30/h6-9,11-14,17H,3-5,10,15-16H2,1-2H3,(H,29,30). The van der Waals surface area contributed by atoms with E-state index in [9.17, 15) is 19.5 Å². The van der Waals surface area contributed by atoms with Gasteiger partial charge in [0, 0.05) is 6.54 Å². The Bertz CT molecular complexity index is 1120. The van der Waals surface area contributed by atoms with E-state index in [1.165, 1.54) is 0 Å². The Morgan fingerprint density at radius 1 is 1.00 bits per heavy atom. The van der Waals surface area contributed by atoms with Crippen molar-refractivity contribution < 1.29 is 14.7 Å². The monoisotopic (exact) mass is 420 g/mol. The van der Waals surface area contributed by atoms with Gasteiger partial charge in [-0.05, 0) is 42.0 Å². The topological polar surface area (TPSA) is 81.3 Å². The number of aromatic nitrogens is 2. The highest BCUT2D eigenvalue weighted by Crippen LogP contribution is 2.24. The van der Waals surface area contributed by atoms with Gasteiger partial charge >= 0.3 is 11.7 Å². The second kappa shape index (κ2) is 10.1. The van der Waals surface area contributed by atoms with Crippen LogP contribution in [-0.4, -0.2) is 26.5 Å². The average molecular weight is 421 g/mol. The van der Waals surface area contributed by atoms with Crippen molar-refractivity contribution in [1.29, 1.82) is 0 Å². The second-order valence-electron chi connectivity index (χ2n) is 7.62. The van der Waals surface area contributed by atoms with E-state index < -0.39 is 5.97 Å². The number of hydrogen-bond donors (Lipinski definition) is 1. The first kappa shape index (κ1) is 22.3. The van der Waals surface area contributed by atoms with Crippen LogP contribution in [-0.2, 0) is 19.5 Å². The van der Waals surface area contributed by atoms with Crippen LogP contribution >= 0.6 is 0 Å². The third-order valence-electron chi connectivity index (χ3n) is 5.46. The number of nitrogens with zero attached hydrogens (tertiary/aromatic N) is 2. The fourth-order valence-corrected chi connectivity index (χ4v) is 3.89. The van der Waals surface area contributed by atoms with E-state index in [-0.39, 0.29) is 11.3 Å². The minimum Gasteiger partial charge on any atom is -0.478 e. The fourth-order valence-electron chi connectivity index (χ4n) is 3.89. The lowest BCUT2D eigenvalue weighted by Gasteiger charge is -2.10. The van der Waals surface area contributed by atoms with Gasteiger partial charge in [0.15, 0.2) is 6.29 Å². The van der Waals surface area contributed by atoms with Gasteiger partial charge in [0.1, 0.15) is 5.69 Å². The predicted molar refractivity (Wildman–Crippen MR) is 121 cm³/mol. The zero-order valence-electron chi connectivity index (χ0n) is 18.0. The van der Waals surface area contributed by atoms with Crippen molar-refractivity contribution in [2.45, 2.75) is 52.6 Å². The van der Waals surface area contributed by atoms with Gasteiger partial charge in [-0.2, -0.15) is 0 Å². The number of carbonyl (C=O) groups excluding carboxylic acids is 1. The molecule has 0 amide bonds. The van der Waals surface area contributed by atoms with Crippen LogP contribution in [0.3, 0.4) is 0 Å². The van der Waals surface area contributed by atoms with Crippen molar-refractivity contribution in [2.24, 2.45) is 0 Å². The number of carboxylic acid groups (broad SMARTS) is 1. The zero-order valence-corrected chi connectivity index (χ0v) is 18.0. The van der Waals surface area contributed by atoms with E-state index in [0.717, 1.165) is 42.4 Å². The maximum absolute atomic E-state index is 13.0. The molecule has 31 heavy (non-hydrogen) atoms. The molecule has 2 aromatic carbocycles. The SMILES string of the molecule is CCCCc1c(C=O)n(CCC)c(=O)n1Cc1ccc(-c2ccccc2C(=O)O)cc1. The summed E-state index contributed by atoms with van der Waals surface area (Å²) < 4.78 is 3.28. The number of hydrogen-bond acceptors (Lipinski definition) is 3.